The summed E-state index contributed by atoms with van der Waals surface area (Å²) in [4.78, 5) is 44.8. The summed E-state index contributed by atoms with van der Waals surface area (Å²) in [6.07, 6.45) is 5.27. The van der Waals surface area contributed by atoms with E-state index in [1.165, 1.54) is 17.8 Å². The van der Waals surface area contributed by atoms with Crippen LogP contribution in [0, 0.1) is 11.7 Å². The molecular weight excluding hydrogens is 646 g/mol. The SMILES string of the molecule is CC(C)C1=C(C(=O)N2[C@H](C)CC[C@@H]2C(=O)N2C[C@@H](C)NC3(CC3)C2)SC2=N[C@@](C)(c3ccc(Cl)nc3)[C@@H](c3ccc(Cl)c(F)c3)N21. The van der Waals surface area contributed by atoms with Crippen LogP contribution in [0.1, 0.15) is 77.5 Å². The summed E-state index contributed by atoms with van der Waals surface area (Å²) in [5.41, 5.74) is 1.47. The van der Waals surface area contributed by atoms with Gasteiger partial charge in [0.15, 0.2) is 5.17 Å². The Kier molecular flexibility index (Phi) is 7.98. The van der Waals surface area contributed by atoms with Gasteiger partial charge < -0.3 is 20.0 Å². The number of carbonyl (C=O) groups excluding carboxylic acids is 2. The molecule has 5 heterocycles. The summed E-state index contributed by atoms with van der Waals surface area (Å²) < 4.78 is 15.0. The van der Waals surface area contributed by atoms with Crippen LogP contribution in [0.15, 0.2) is 52.1 Å². The average molecular weight is 686 g/mol. The number of allylic oxidation sites excluding steroid dienone is 1. The first-order valence-electron chi connectivity index (χ1n) is 16.1. The Morgan fingerprint density at radius 3 is 2.54 bits per heavy atom. The molecule has 1 aliphatic carbocycles. The van der Waals surface area contributed by atoms with Gasteiger partial charge in [0.05, 0.1) is 11.1 Å². The summed E-state index contributed by atoms with van der Waals surface area (Å²) in [5, 5.41) is 4.73. The number of hydrogen-bond acceptors (Lipinski definition) is 7. The van der Waals surface area contributed by atoms with Crippen molar-refractivity contribution < 1.29 is 14.0 Å². The van der Waals surface area contributed by atoms with E-state index >= 15 is 4.39 Å². The predicted octanol–water partition coefficient (Wildman–Crippen LogP) is 6.50. The number of aromatic nitrogens is 1. The van der Waals surface area contributed by atoms with Crippen LogP contribution in [0.3, 0.4) is 0 Å². The van der Waals surface area contributed by atoms with Crippen LogP contribution in [0.5, 0.6) is 0 Å². The predicted molar refractivity (Wildman–Crippen MR) is 180 cm³/mol. The zero-order chi connectivity index (χ0) is 32.7. The highest BCUT2D eigenvalue weighted by Gasteiger charge is 2.55. The Hall–Kier alpha value is -2.66. The van der Waals surface area contributed by atoms with Gasteiger partial charge >= 0.3 is 0 Å². The lowest BCUT2D eigenvalue weighted by Crippen LogP contribution is -2.61. The minimum absolute atomic E-state index is 0.0340. The number of rotatable bonds is 5. The van der Waals surface area contributed by atoms with Crippen molar-refractivity contribution in [3.8, 4) is 0 Å². The van der Waals surface area contributed by atoms with Crippen molar-refractivity contribution in [3.05, 3.63) is 74.3 Å². The van der Waals surface area contributed by atoms with Gasteiger partial charge in [-0.3, -0.25) is 9.59 Å². The van der Waals surface area contributed by atoms with Gasteiger partial charge in [-0.1, -0.05) is 49.2 Å². The van der Waals surface area contributed by atoms with E-state index in [9.17, 15) is 9.59 Å². The molecular formula is C34H39Cl2FN6O2S. The van der Waals surface area contributed by atoms with E-state index in [0.717, 1.165) is 30.5 Å². The molecule has 3 fully saturated rings. The molecule has 2 saturated heterocycles. The van der Waals surface area contributed by atoms with Crippen molar-refractivity contribution >= 4 is 51.9 Å². The van der Waals surface area contributed by atoms with Crippen molar-refractivity contribution in [1.82, 2.24) is 25.0 Å². The molecule has 4 aliphatic heterocycles. The summed E-state index contributed by atoms with van der Waals surface area (Å²) in [6, 6.07) is 7.58. The van der Waals surface area contributed by atoms with Crippen molar-refractivity contribution in [2.45, 2.75) is 95.5 Å². The maximum absolute atomic E-state index is 15.0. The van der Waals surface area contributed by atoms with E-state index in [2.05, 4.69) is 36.0 Å². The Labute approximate surface area is 283 Å². The number of benzene rings is 1. The van der Waals surface area contributed by atoms with E-state index in [4.69, 9.17) is 28.2 Å². The van der Waals surface area contributed by atoms with Gasteiger partial charge in [-0.2, -0.15) is 0 Å². The number of carbonyl (C=O) groups is 2. The second kappa shape index (κ2) is 11.5. The first-order valence-corrected chi connectivity index (χ1v) is 17.7. The lowest BCUT2D eigenvalue weighted by atomic mass is 9.81. The molecule has 2 amide bonds. The first-order chi connectivity index (χ1) is 21.8. The van der Waals surface area contributed by atoms with Gasteiger partial charge in [-0.05, 0) is 87.9 Å². The standard InChI is InChI=1S/C34H39Cl2FN6O2S/c1-18(2)27-28(31(45)42-20(4)6-10-25(42)30(44)41-16-19(3)39-34(17-41)12-13-34)46-32-40-33(5,22-8-11-26(36)38-15-22)29(43(27)32)21-7-9-23(35)24(37)14-21/h7-9,11,14-15,18-20,25,29,39H,6,10,12-13,16-17H2,1-5H3/t19-,20-,25-,29-,33+/m1/s1. The normalized spacial score (nSPS) is 30.0. The monoisotopic (exact) mass is 684 g/mol. The fourth-order valence-corrected chi connectivity index (χ4v) is 9.46. The molecule has 244 valence electrons. The third-order valence-electron chi connectivity index (χ3n) is 10.2. The highest BCUT2D eigenvalue weighted by Crippen LogP contribution is 2.56. The van der Waals surface area contributed by atoms with E-state index in [-0.39, 0.29) is 40.4 Å². The number of aliphatic imine (C=N–C) groups is 1. The van der Waals surface area contributed by atoms with Gasteiger partial charge in [0.1, 0.15) is 27.5 Å². The quantitative estimate of drug-likeness (QED) is 0.362. The van der Waals surface area contributed by atoms with Crippen molar-refractivity contribution in [3.63, 3.8) is 0 Å². The number of pyridine rings is 1. The third kappa shape index (κ3) is 5.24. The van der Waals surface area contributed by atoms with Crippen LogP contribution in [0.25, 0.3) is 0 Å². The first kappa shape index (κ1) is 31.9. The molecule has 2 aromatic rings. The number of amidine groups is 1. The molecule has 1 N–H and O–H groups in total. The number of nitrogens with one attached hydrogen (secondary N) is 1. The third-order valence-corrected chi connectivity index (χ3v) is 11.8. The molecule has 12 heteroatoms. The van der Waals surface area contributed by atoms with E-state index in [0.29, 0.717) is 40.3 Å². The van der Waals surface area contributed by atoms with Crippen LogP contribution in [-0.4, -0.2) is 73.4 Å². The Bertz CT molecular complexity index is 1660. The molecule has 8 nitrogen and oxygen atoms in total. The molecule has 1 saturated carbocycles. The van der Waals surface area contributed by atoms with Crippen LogP contribution < -0.4 is 5.32 Å². The maximum atomic E-state index is 15.0. The van der Waals surface area contributed by atoms with Gasteiger partial charge in [0.25, 0.3) is 5.91 Å². The largest absolute Gasteiger partial charge is 0.338 e. The summed E-state index contributed by atoms with van der Waals surface area (Å²) in [6.45, 7) is 11.6. The molecule has 0 bridgehead atoms. The van der Waals surface area contributed by atoms with Crippen LogP contribution >= 0.6 is 35.0 Å². The number of nitrogens with zero attached hydrogens (tertiary/aromatic N) is 5. The Morgan fingerprint density at radius 2 is 1.89 bits per heavy atom. The number of likely N-dealkylation sites (tertiary alicyclic amines) is 1. The lowest BCUT2D eigenvalue weighted by Gasteiger charge is -2.41. The maximum Gasteiger partial charge on any atom is 0.263 e. The van der Waals surface area contributed by atoms with E-state index in [1.807, 2.05) is 35.8 Å². The molecule has 0 unspecified atom stereocenters. The number of piperazine rings is 1. The molecule has 1 aromatic heterocycles. The smallest absolute Gasteiger partial charge is 0.263 e. The number of hydrogen-bond donors (Lipinski definition) is 1. The van der Waals surface area contributed by atoms with Crippen LogP contribution in [0.2, 0.25) is 10.2 Å². The van der Waals surface area contributed by atoms with Gasteiger partial charge in [0, 0.05) is 48.2 Å². The van der Waals surface area contributed by atoms with Crippen molar-refractivity contribution in [2.75, 3.05) is 13.1 Å². The molecule has 1 spiro atoms. The van der Waals surface area contributed by atoms with Gasteiger partial charge in [-0.25, -0.2) is 14.4 Å². The van der Waals surface area contributed by atoms with Crippen molar-refractivity contribution in [1.29, 1.82) is 0 Å². The fraction of sp³-hybridized carbons (Fsp3) is 0.529. The summed E-state index contributed by atoms with van der Waals surface area (Å²) >= 11 is 13.6. The number of fused-ring (bicyclic) bond motifs is 1. The van der Waals surface area contributed by atoms with E-state index in [1.54, 1.807) is 18.3 Å². The minimum Gasteiger partial charge on any atom is -0.338 e. The molecule has 5 atom stereocenters. The van der Waals surface area contributed by atoms with Crippen LogP contribution in [-0.2, 0) is 15.1 Å². The highest BCUT2D eigenvalue weighted by atomic mass is 35.5. The molecule has 46 heavy (non-hydrogen) atoms. The topological polar surface area (TPSA) is 81.1 Å². The second-order valence-corrected chi connectivity index (χ2v) is 15.8. The zero-order valence-corrected chi connectivity index (χ0v) is 29.0. The molecule has 1 aromatic carbocycles. The molecule has 0 radical (unpaired) electrons. The summed E-state index contributed by atoms with van der Waals surface area (Å²) in [5.74, 6) is -0.693. The molecule has 5 aliphatic rings. The minimum atomic E-state index is -0.869. The Morgan fingerprint density at radius 1 is 1.13 bits per heavy atom. The lowest BCUT2D eigenvalue weighted by molar-refractivity contribution is -0.144. The van der Waals surface area contributed by atoms with E-state index < -0.39 is 23.4 Å². The number of thioether (sulfide) groups is 1. The number of amides is 2. The van der Waals surface area contributed by atoms with Gasteiger partial charge in [-0.15, -0.1) is 0 Å². The number of halogens is 3. The Balaban J connectivity index is 1.27. The van der Waals surface area contributed by atoms with Crippen LogP contribution in [0.4, 0.5) is 4.39 Å². The summed E-state index contributed by atoms with van der Waals surface area (Å²) in [7, 11) is 0. The van der Waals surface area contributed by atoms with Crippen molar-refractivity contribution in [2.24, 2.45) is 10.9 Å². The average Bonchev–Trinajstić information content (AvgIpc) is 3.32. The second-order valence-electron chi connectivity index (χ2n) is 14.0. The highest BCUT2D eigenvalue weighted by molar-refractivity contribution is 8.18. The van der Waals surface area contributed by atoms with Gasteiger partial charge in [0.2, 0.25) is 5.91 Å². The fourth-order valence-electron chi connectivity index (χ4n) is 7.88. The molecule has 7 rings (SSSR count). The zero-order valence-electron chi connectivity index (χ0n) is 26.7.